The van der Waals surface area contributed by atoms with Gasteiger partial charge in [0.05, 0.1) is 19.0 Å². The maximum absolute atomic E-state index is 13.9. The second-order valence-electron chi connectivity index (χ2n) is 4.25. The molecular formula is C13H13FN6O. The van der Waals surface area contributed by atoms with Crippen molar-refractivity contribution in [3.8, 4) is 5.75 Å². The topological polar surface area (TPSA) is 89.5 Å². The summed E-state index contributed by atoms with van der Waals surface area (Å²) in [5.41, 5.74) is 3.24. The zero-order valence-electron chi connectivity index (χ0n) is 11.2. The lowest BCUT2D eigenvalue weighted by Crippen LogP contribution is -2.11. The van der Waals surface area contributed by atoms with Gasteiger partial charge in [-0.15, -0.1) is 0 Å². The highest BCUT2D eigenvalue weighted by molar-refractivity contribution is 5.72. The molecule has 0 aliphatic heterocycles. The van der Waals surface area contributed by atoms with E-state index in [0.717, 1.165) is 0 Å². The lowest BCUT2D eigenvalue weighted by Gasteiger charge is -2.11. The number of halogens is 1. The van der Waals surface area contributed by atoms with Crippen molar-refractivity contribution in [2.45, 2.75) is 0 Å². The summed E-state index contributed by atoms with van der Waals surface area (Å²) in [5, 5.41) is 2.91. The number of nitrogens with two attached hydrogens (primary N) is 1. The number of rotatable bonds is 4. The average Bonchev–Trinajstić information content (AvgIpc) is 2.98. The van der Waals surface area contributed by atoms with E-state index < -0.39 is 5.82 Å². The molecule has 21 heavy (non-hydrogen) atoms. The maximum atomic E-state index is 13.9. The van der Waals surface area contributed by atoms with E-state index in [1.54, 1.807) is 29.1 Å². The maximum Gasteiger partial charge on any atom is 0.180 e. The lowest BCUT2D eigenvalue weighted by molar-refractivity contribution is 0.414. The number of hydrazine groups is 1. The van der Waals surface area contributed by atoms with E-state index >= 15 is 0 Å². The number of imidazole rings is 1. The minimum atomic E-state index is -0.423. The van der Waals surface area contributed by atoms with Gasteiger partial charge < -0.3 is 19.9 Å². The highest BCUT2D eigenvalue weighted by atomic mass is 19.1. The Morgan fingerprint density at radius 3 is 3.00 bits per heavy atom. The van der Waals surface area contributed by atoms with E-state index in [4.69, 9.17) is 10.6 Å². The van der Waals surface area contributed by atoms with Crippen molar-refractivity contribution in [2.24, 2.45) is 5.84 Å². The molecule has 8 heteroatoms. The highest BCUT2D eigenvalue weighted by Crippen LogP contribution is 2.26. The van der Waals surface area contributed by atoms with E-state index in [1.165, 1.54) is 19.2 Å². The third kappa shape index (κ3) is 2.43. The predicted molar refractivity (Wildman–Crippen MR) is 77.0 cm³/mol. The SMILES string of the molecule is COc1ccc(F)c(Nc2nc(NN)cn3ccnc23)c1. The molecule has 2 heterocycles. The van der Waals surface area contributed by atoms with Crippen LogP contribution in [0, 0.1) is 5.82 Å². The monoisotopic (exact) mass is 288 g/mol. The summed E-state index contributed by atoms with van der Waals surface area (Å²) in [6.07, 6.45) is 5.03. The summed E-state index contributed by atoms with van der Waals surface area (Å²) in [7, 11) is 1.51. The molecule has 0 fully saturated rings. The molecule has 1 aromatic carbocycles. The van der Waals surface area contributed by atoms with Crippen LogP contribution in [-0.4, -0.2) is 21.5 Å². The molecule has 0 saturated heterocycles. The Labute approximate surface area is 119 Å². The Morgan fingerprint density at radius 2 is 2.24 bits per heavy atom. The molecule has 0 aliphatic rings. The van der Waals surface area contributed by atoms with Crippen LogP contribution in [0.5, 0.6) is 5.75 Å². The molecule has 0 saturated carbocycles. The van der Waals surface area contributed by atoms with Crippen molar-refractivity contribution in [2.75, 3.05) is 17.9 Å². The third-order valence-corrected chi connectivity index (χ3v) is 2.95. The summed E-state index contributed by atoms with van der Waals surface area (Å²) >= 11 is 0. The van der Waals surface area contributed by atoms with Crippen LogP contribution < -0.4 is 21.3 Å². The number of methoxy groups -OCH3 is 1. The number of anilines is 3. The van der Waals surface area contributed by atoms with E-state index in [2.05, 4.69) is 20.7 Å². The van der Waals surface area contributed by atoms with Crippen LogP contribution in [0.4, 0.5) is 21.7 Å². The van der Waals surface area contributed by atoms with E-state index in [1.807, 2.05) is 0 Å². The number of benzene rings is 1. The van der Waals surface area contributed by atoms with Crippen molar-refractivity contribution in [3.63, 3.8) is 0 Å². The second kappa shape index (κ2) is 5.25. The normalized spacial score (nSPS) is 10.6. The molecular weight excluding hydrogens is 275 g/mol. The fourth-order valence-corrected chi connectivity index (χ4v) is 1.94. The minimum absolute atomic E-state index is 0.237. The fourth-order valence-electron chi connectivity index (χ4n) is 1.94. The van der Waals surface area contributed by atoms with Gasteiger partial charge in [0.15, 0.2) is 17.3 Å². The van der Waals surface area contributed by atoms with Crippen LogP contribution in [0.1, 0.15) is 0 Å². The third-order valence-electron chi connectivity index (χ3n) is 2.95. The van der Waals surface area contributed by atoms with Gasteiger partial charge in [0.1, 0.15) is 11.6 Å². The van der Waals surface area contributed by atoms with Crippen LogP contribution in [-0.2, 0) is 0 Å². The first-order valence-corrected chi connectivity index (χ1v) is 6.12. The lowest BCUT2D eigenvalue weighted by atomic mass is 10.3. The second-order valence-corrected chi connectivity index (χ2v) is 4.25. The van der Waals surface area contributed by atoms with Gasteiger partial charge in [-0.2, -0.15) is 0 Å². The summed E-state index contributed by atoms with van der Waals surface area (Å²) in [4.78, 5) is 8.42. The first kappa shape index (κ1) is 13.1. The molecule has 0 aliphatic carbocycles. The number of fused-ring (bicyclic) bond motifs is 1. The standard InChI is InChI=1S/C13H13FN6O/c1-21-8-2-3-9(14)10(6-8)17-12-13-16-4-5-20(13)7-11(18-12)19-15/h2-7,19H,15H2,1H3,(H,17,18). The summed E-state index contributed by atoms with van der Waals surface area (Å²) in [6, 6.07) is 4.39. The van der Waals surface area contributed by atoms with Crippen molar-refractivity contribution >= 4 is 23.0 Å². The molecule has 0 radical (unpaired) electrons. The number of ether oxygens (including phenoxy) is 1. The molecule has 0 atom stereocenters. The van der Waals surface area contributed by atoms with E-state index in [-0.39, 0.29) is 5.69 Å². The van der Waals surface area contributed by atoms with Gasteiger partial charge in [-0.3, -0.25) is 0 Å². The molecule has 2 aromatic heterocycles. The molecule has 108 valence electrons. The first-order valence-electron chi connectivity index (χ1n) is 6.12. The molecule has 3 rings (SSSR count). The number of hydrogen-bond donors (Lipinski definition) is 3. The first-order chi connectivity index (χ1) is 10.2. The van der Waals surface area contributed by atoms with Crippen molar-refractivity contribution < 1.29 is 9.13 Å². The van der Waals surface area contributed by atoms with Crippen LogP contribution in [0.3, 0.4) is 0 Å². The van der Waals surface area contributed by atoms with Crippen LogP contribution in [0.15, 0.2) is 36.8 Å². The van der Waals surface area contributed by atoms with Gasteiger partial charge in [0, 0.05) is 18.5 Å². The van der Waals surface area contributed by atoms with Crippen LogP contribution in [0.2, 0.25) is 0 Å². The van der Waals surface area contributed by atoms with Gasteiger partial charge in [0.2, 0.25) is 0 Å². The molecule has 0 amide bonds. The Kier molecular flexibility index (Phi) is 3.28. The minimum Gasteiger partial charge on any atom is -0.497 e. The van der Waals surface area contributed by atoms with Gasteiger partial charge in [-0.25, -0.2) is 20.2 Å². The number of nitrogens with one attached hydrogen (secondary N) is 2. The summed E-state index contributed by atoms with van der Waals surface area (Å²) in [5.74, 6) is 6.29. The van der Waals surface area contributed by atoms with Crippen LogP contribution in [0.25, 0.3) is 5.65 Å². The number of hydrogen-bond acceptors (Lipinski definition) is 6. The number of aromatic nitrogens is 3. The smallest absolute Gasteiger partial charge is 0.180 e. The van der Waals surface area contributed by atoms with Gasteiger partial charge >= 0.3 is 0 Å². The molecule has 0 spiro atoms. The fraction of sp³-hybridized carbons (Fsp3) is 0.0769. The van der Waals surface area contributed by atoms with Gasteiger partial charge in [0.25, 0.3) is 0 Å². The van der Waals surface area contributed by atoms with Crippen LogP contribution >= 0.6 is 0 Å². The number of nitrogens with zero attached hydrogens (tertiary/aromatic N) is 3. The van der Waals surface area contributed by atoms with Crippen molar-refractivity contribution in [1.82, 2.24) is 14.4 Å². The molecule has 0 unspecified atom stereocenters. The average molecular weight is 288 g/mol. The Bertz CT molecular complexity index is 787. The Balaban J connectivity index is 2.07. The predicted octanol–water partition coefficient (Wildman–Crippen LogP) is 1.91. The summed E-state index contributed by atoms with van der Waals surface area (Å²) in [6.45, 7) is 0. The Hall–Kier alpha value is -2.87. The Morgan fingerprint density at radius 1 is 1.38 bits per heavy atom. The zero-order valence-corrected chi connectivity index (χ0v) is 11.2. The van der Waals surface area contributed by atoms with E-state index in [0.29, 0.717) is 23.0 Å². The zero-order chi connectivity index (χ0) is 14.8. The van der Waals surface area contributed by atoms with E-state index in [9.17, 15) is 4.39 Å². The molecule has 3 aromatic rings. The largest absolute Gasteiger partial charge is 0.497 e. The van der Waals surface area contributed by atoms with Gasteiger partial charge in [-0.05, 0) is 12.1 Å². The molecule has 7 nitrogen and oxygen atoms in total. The molecule has 4 N–H and O–H groups in total. The van der Waals surface area contributed by atoms with Gasteiger partial charge in [-0.1, -0.05) is 0 Å². The quantitative estimate of drug-likeness (QED) is 0.502. The molecule has 0 bridgehead atoms. The van der Waals surface area contributed by atoms with Crippen molar-refractivity contribution in [3.05, 3.63) is 42.6 Å². The summed E-state index contributed by atoms with van der Waals surface area (Å²) < 4.78 is 20.7. The number of nitrogen functional groups attached to an aromatic ring is 1. The highest BCUT2D eigenvalue weighted by Gasteiger charge is 2.11. The van der Waals surface area contributed by atoms with Crippen molar-refractivity contribution in [1.29, 1.82) is 0 Å².